The molecule has 0 aliphatic rings. The first kappa shape index (κ1) is 11.1. The van der Waals surface area contributed by atoms with Crippen LogP contribution in [0, 0.1) is 5.92 Å². The fourth-order valence-electron chi connectivity index (χ4n) is 1.16. The van der Waals surface area contributed by atoms with Gasteiger partial charge in [-0.25, -0.2) is 9.78 Å². The first-order valence-corrected chi connectivity index (χ1v) is 5.19. The molecular formula is C9H13NO3S. The van der Waals surface area contributed by atoms with Crippen molar-refractivity contribution in [3.05, 3.63) is 15.6 Å². The van der Waals surface area contributed by atoms with Gasteiger partial charge in [0.25, 0.3) is 0 Å². The van der Waals surface area contributed by atoms with Gasteiger partial charge in [-0.05, 0) is 12.3 Å². The van der Waals surface area contributed by atoms with Crippen LogP contribution < -0.4 is 0 Å². The van der Waals surface area contributed by atoms with Crippen molar-refractivity contribution >= 4 is 17.3 Å². The molecule has 0 bridgehead atoms. The molecule has 0 amide bonds. The van der Waals surface area contributed by atoms with E-state index in [1.54, 1.807) is 0 Å². The molecule has 1 rings (SSSR count). The van der Waals surface area contributed by atoms with Gasteiger partial charge in [-0.2, -0.15) is 0 Å². The van der Waals surface area contributed by atoms with Gasteiger partial charge in [-0.15, -0.1) is 11.3 Å². The smallest absolute Gasteiger partial charge is 0.347 e. The average Bonchev–Trinajstić information content (AvgIpc) is 2.46. The molecule has 0 spiro atoms. The van der Waals surface area contributed by atoms with Crippen LogP contribution in [0.1, 0.15) is 34.2 Å². The molecule has 78 valence electrons. The number of rotatable bonds is 4. The molecule has 0 radical (unpaired) electrons. The lowest BCUT2D eigenvalue weighted by atomic mass is 10.1. The molecule has 0 aliphatic heterocycles. The van der Waals surface area contributed by atoms with Crippen LogP contribution >= 0.6 is 11.3 Å². The van der Waals surface area contributed by atoms with Crippen molar-refractivity contribution in [3.8, 4) is 0 Å². The summed E-state index contributed by atoms with van der Waals surface area (Å²) in [5.74, 6) is -0.598. The number of thiazole rings is 1. The van der Waals surface area contributed by atoms with Crippen LogP contribution in [0.5, 0.6) is 0 Å². The van der Waals surface area contributed by atoms with Crippen LogP contribution in [-0.2, 0) is 13.0 Å². The molecule has 14 heavy (non-hydrogen) atoms. The van der Waals surface area contributed by atoms with Gasteiger partial charge in [0.1, 0.15) is 9.88 Å². The number of nitrogens with zero attached hydrogens (tertiary/aromatic N) is 1. The Morgan fingerprint density at radius 2 is 2.21 bits per heavy atom. The maximum atomic E-state index is 10.8. The number of hydrogen-bond donors (Lipinski definition) is 2. The molecule has 0 aliphatic carbocycles. The zero-order chi connectivity index (χ0) is 10.7. The minimum atomic E-state index is -0.960. The largest absolute Gasteiger partial charge is 0.477 e. The second kappa shape index (κ2) is 4.52. The normalized spacial score (nSPS) is 10.9. The summed E-state index contributed by atoms with van der Waals surface area (Å²) in [6.45, 7) is 3.82. The Balaban J connectivity index is 2.99. The number of aromatic nitrogens is 1. The first-order chi connectivity index (χ1) is 6.54. The van der Waals surface area contributed by atoms with Gasteiger partial charge in [0.05, 0.1) is 12.3 Å². The second-order valence-corrected chi connectivity index (χ2v) is 4.53. The summed E-state index contributed by atoms with van der Waals surface area (Å²) >= 11 is 1.05. The quantitative estimate of drug-likeness (QED) is 0.799. The van der Waals surface area contributed by atoms with Crippen LogP contribution in [0.15, 0.2) is 0 Å². The van der Waals surface area contributed by atoms with E-state index in [1.165, 1.54) is 0 Å². The topological polar surface area (TPSA) is 70.4 Å². The average molecular weight is 215 g/mol. The summed E-state index contributed by atoms with van der Waals surface area (Å²) in [6.07, 6.45) is 0.637. The number of carboxylic acids is 1. The molecule has 1 aromatic heterocycles. The maximum absolute atomic E-state index is 10.8. The lowest BCUT2D eigenvalue weighted by molar-refractivity contribution is 0.0700. The number of carbonyl (C=O) groups is 1. The van der Waals surface area contributed by atoms with Gasteiger partial charge in [0, 0.05) is 0 Å². The molecule has 0 fully saturated rings. The van der Waals surface area contributed by atoms with Crippen LogP contribution in [0.2, 0.25) is 0 Å². The van der Waals surface area contributed by atoms with Crippen LogP contribution in [0.25, 0.3) is 0 Å². The fourth-order valence-corrected chi connectivity index (χ4v) is 1.95. The minimum Gasteiger partial charge on any atom is -0.477 e. The SMILES string of the molecule is CC(C)Cc1nc(CO)sc1C(=O)O. The summed E-state index contributed by atoms with van der Waals surface area (Å²) in [4.78, 5) is 15.2. The van der Waals surface area contributed by atoms with Crippen molar-refractivity contribution in [3.63, 3.8) is 0 Å². The van der Waals surface area contributed by atoms with Crippen molar-refractivity contribution in [2.45, 2.75) is 26.9 Å². The van der Waals surface area contributed by atoms with Crippen molar-refractivity contribution in [1.29, 1.82) is 0 Å². The number of carboxylic acid groups (broad SMARTS) is 1. The van der Waals surface area contributed by atoms with Crippen molar-refractivity contribution in [1.82, 2.24) is 4.98 Å². The molecule has 5 heteroatoms. The fraction of sp³-hybridized carbons (Fsp3) is 0.556. The summed E-state index contributed by atoms with van der Waals surface area (Å²) in [5, 5.41) is 18.2. The van der Waals surface area contributed by atoms with Crippen molar-refractivity contribution in [2.75, 3.05) is 0 Å². The van der Waals surface area contributed by atoms with Crippen molar-refractivity contribution < 1.29 is 15.0 Å². The summed E-state index contributed by atoms with van der Waals surface area (Å²) in [6, 6.07) is 0. The molecule has 0 aromatic carbocycles. The number of hydrogen-bond acceptors (Lipinski definition) is 4. The molecule has 0 saturated carbocycles. The van der Waals surface area contributed by atoms with Gasteiger partial charge in [0.2, 0.25) is 0 Å². The van der Waals surface area contributed by atoms with E-state index in [0.29, 0.717) is 23.0 Å². The molecule has 2 N–H and O–H groups in total. The highest BCUT2D eigenvalue weighted by molar-refractivity contribution is 7.13. The van der Waals surface area contributed by atoms with Gasteiger partial charge < -0.3 is 10.2 Å². The standard InChI is InChI=1S/C9H13NO3S/c1-5(2)3-6-8(9(12)13)14-7(4-11)10-6/h5,11H,3-4H2,1-2H3,(H,12,13). The Hall–Kier alpha value is -0.940. The maximum Gasteiger partial charge on any atom is 0.347 e. The van der Waals surface area contributed by atoms with E-state index in [2.05, 4.69) is 4.98 Å². The van der Waals surface area contributed by atoms with Gasteiger partial charge in [0.15, 0.2) is 0 Å². The number of aliphatic hydroxyl groups is 1. The molecule has 1 aromatic rings. The molecule has 0 atom stereocenters. The predicted octanol–water partition coefficient (Wildman–Crippen LogP) is 1.53. The van der Waals surface area contributed by atoms with E-state index in [-0.39, 0.29) is 11.5 Å². The predicted molar refractivity (Wildman–Crippen MR) is 53.5 cm³/mol. The van der Waals surface area contributed by atoms with E-state index >= 15 is 0 Å². The van der Waals surface area contributed by atoms with Crippen LogP contribution in [0.3, 0.4) is 0 Å². The van der Waals surface area contributed by atoms with E-state index in [0.717, 1.165) is 11.3 Å². The van der Waals surface area contributed by atoms with Crippen LogP contribution in [-0.4, -0.2) is 21.2 Å². The van der Waals surface area contributed by atoms with Crippen LogP contribution in [0.4, 0.5) is 0 Å². The van der Waals surface area contributed by atoms with E-state index in [1.807, 2.05) is 13.8 Å². The monoisotopic (exact) mass is 215 g/mol. The lowest BCUT2D eigenvalue weighted by Gasteiger charge is -2.01. The zero-order valence-electron chi connectivity index (χ0n) is 8.15. The molecular weight excluding hydrogens is 202 g/mol. The third-order valence-corrected chi connectivity index (χ3v) is 2.74. The van der Waals surface area contributed by atoms with Gasteiger partial charge in [-0.1, -0.05) is 13.8 Å². The molecule has 0 unspecified atom stereocenters. The van der Waals surface area contributed by atoms with E-state index < -0.39 is 5.97 Å². The third kappa shape index (κ3) is 2.52. The highest BCUT2D eigenvalue weighted by Crippen LogP contribution is 2.21. The number of aliphatic hydroxyl groups excluding tert-OH is 1. The molecule has 0 saturated heterocycles. The second-order valence-electron chi connectivity index (χ2n) is 3.44. The third-order valence-electron chi connectivity index (χ3n) is 1.67. The highest BCUT2D eigenvalue weighted by Gasteiger charge is 2.17. The van der Waals surface area contributed by atoms with E-state index in [4.69, 9.17) is 10.2 Å². The Kier molecular flexibility index (Phi) is 3.60. The molecule has 4 nitrogen and oxygen atoms in total. The highest BCUT2D eigenvalue weighted by atomic mass is 32.1. The lowest BCUT2D eigenvalue weighted by Crippen LogP contribution is -2.02. The van der Waals surface area contributed by atoms with E-state index in [9.17, 15) is 4.79 Å². The first-order valence-electron chi connectivity index (χ1n) is 4.37. The zero-order valence-corrected chi connectivity index (χ0v) is 8.97. The van der Waals surface area contributed by atoms with Gasteiger partial charge >= 0.3 is 5.97 Å². The Morgan fingerprint density at radius 1 is 1.57 bits per heavy atom. The minimum absolute atomic E-state index is 0.191. The Labute approximate surface area is 86.2 Å². The summed E-state index contributed by atoms with van der Waals surface area (Å²) in [5.41, 5.74) is 0.585. The number of aromatic carboxylic acids is 1. The Morgan fingerprint density at radius 3 is 2.64 bits per heavy atom. The summed E-state index contributed by atoms with van der Waals surface area (Å²) < 4.78 is 0. The summed E-state index contributed by atoms with van der Waals surface area (Å²) in [7, 11) is 0. The van der Waals surface area contributed by atoms with Crippen molar-refractivity contribution in [2.24, 2.45) is 5.92 Å². The molecule has 1 heterocycles. The Bertz CT molecular complexity index is 333. The van der Waals surface area contributed by atoms with Gasteiger partial charge in [-0.3, -0.25) is 0 Å².